The minimum absolute atomic E-state index is 0.0245. The van der Waals surface area contributed by atoms with Crippen LogP contribution in [0.3, 0.4) is 0 Å². The molecule has 0 bridgehead atoms. The summed E-state index contributed by atoms with van der Waals surface area (Å²) in [4.78, 5) is 20.5. The largest absolute Gasteiger partial charge is 0.480 e. The summed E-state index contributed by atoms with van der Waals surface area (Å²) < 4.78 is 2.87. The van der Waals surface area contributed by atoms with E-state index >= 15 is 0 Å². The Hall–Kier alpha value is -0.0900. The van der Waals surface area contributed by atoms with E-state index in [0.717, 1.165) is 0 Å². The molecule has 0 saturated carbocycles. The van der Waals surface area contributed by atoms with E-state index in [-0.39, 0.29) is 4.75 Å². The molecule has 0 aliphatic heterocycles. The summed E-state index contributed by atoms with van der Waals surface area (Å²) in [6.07, 6.45) is 0.429. The normalized spacial score (nSPS) is 13.9. The highest BCUT2D eigenvalue weighted by molar-refractivity contribution is 7.98. The van der Waals surface area contributed by atoms with Gasteiger partial charge in [-0.25, -0.2) is 4.72 Å². The van der Waals surface area contributed by atoms with Crippen molar-refractivity contribution in [1.29, 1.82) is 0 Å². The summed E-state index contributed by atoms with van der Waals surface area (Å²) >= 11 is 9.15. The Bertz CT molecular complexity index is 298. The SMILES string of the molecule is CC(C)(C)SN[C@@H](CS)C(=O)O.N[C@@H](CCS)C(=O)O. The average molecular weight is 345 g/mol. The van der Waals surface area contributed by atoms with Gasteiger partial charge in [0.05, 0.1) is 0 Å². The molecule has 0 aliphatic carbocycles. The summed E-state index contributed by atoms with van der Waals surface area (Å²) in [5, 5.41) is 16.8. The molecule has 0 aromatic carbocycles. The number of carbonyl (C=O) groups is 2. The van der Waals surface area contributed by atoms with E-state index in [2.05, 4.69) is 30.0 Å². The number of carboxylic acids is 2. The lowest BCUT2D eigenvalue weighted by molar-refractivity contribution is -0.139. The smallest absolute Gasteiger partial charge is 0.322 e. The van der Waals surface area contributed by atoms with Crippen molar-refractivity contribution in [3.63, 3.8) is 0 Å². The van der Waals surface area contributed by atoms with E-state index in [9.17, 15) is 9.59 Å². The summed E-state index contributed by atoms with van der Waals surface area (Å²) in [7, 11) is 0. The minimum atomic E-state index is -0.959. The molecule has 0 aromatic heterocycles. The molecule has 0 heterocycles. The van der Waals surface area contributed by atoms with Crippen LogP contribution in [0.4, 0.5) is 0 Å². The number of rotatable bonds is 7. The number of hydrogen-bond acceptors (Lipinski definition) is 7. The van der Waals surface area contributed by atoms with Crippen LogP contribution >= 0.6 is 37.2 Å². The zero-order valence-electron chi connectivity index (χ0n) is 11.9. The topological polar surface area (TPSA) is 113 Å². The zero-order valence-corrected chi connectivity index (χ0v) is 14.5. The van der Waals surface area contributed by atoms with Gasteiger partial charge in [-0.3, -0.25) is 9.59 Å². The van der Waals surface area contributed by atoms with Crippen LogP contribution in [0.15, 0.2) is 0 Å². The molecule has 0 aromatic rings. The third-order valence-electron chi connectivity index (χ3n) is 1.75. The van der Waals surface area contributed by atoms with E-state index in [1.807, 2.05) is 20.8 Å². The Morgan fingerprint density at radius 2 is 1.75 bits per heavy atom. The van der Waals surface area contributed by atoms with Crippen LogP contribution in [0.2, 0.25) is 0 Å². The van der Waals surface area contributed by atoms with E-state index in [4.69, 9.17) is 15.9 Å². The van der Waals surface area contributed by atoms with Gasteiger partial charge in [-0.15, -0.1) is 0 Å². The van der Waals surface area contributed by atoms with Gasteiger partial charge in [0.2, 0.25) is 0 Å². The molecular weight excluding hydrogens is 320 g/mol. The van der Waals surface area contributed by atoms with Crippen LogP contribution in [-0.4, -0.2) is 50.5 Å². The third kappa shape index (κ3) is 14.3. The van der Waals surface area contributed by atoms with E-state index < -0.39 is 24.0 Å². The van der Waals surface area contributed by atoms with E-state index in [1.165, 1.54) is 11.9 Å². The Balaban J connectivity index is 0. The van der Waals surface area contributed by atoms with E-state index in [0.29, 0.717) is 17.9 Å². The Kier molecular flexibility index (Phi) is 12.8. The minimum Gasteiger partial charge on any atom is -0.480 e. The number of carboxylic acid groups (broad SMARTS) is 2. The molecule has 0 rings (SSSR count). The first kappa shape index (κ1) is 22.2. The molecule has 0 radical (unpaired) electrons. The number of thiol groups is 2. The van der Waals surface area contributed by atoms with Gasteiger partial charge in [0.25, 0.3) is 0 Å². The standard InChI is InChI=1S/C7H15NO2S2.C4H9NO2S/c1-7(2,3)12-8-5(4-11)6(9)10;5-3(1-2-8)4(6)7/h5,8,11H,4H2,1-3H3,(H,9,10);3,8H,1-2,5H2,(H,6,7)/t5-;3-/m00/s1. The highest BCUT2D eigenvalue weighted by atomic mass is 32.2. The molecule has 9 heteroatoms. The quantitative estimate of drug-likeness (QED) is 0.303. The van der Waals surface area contributed by atoms with Crippen LogP contribution in [-0.2, 0) is 9.59 Å². The van der Waals surface area contributed by atoms with Crippen molar-refractivity contribution in [2.75, 3.05) is 11.5 Å². The highest BCUT2D eigenvalue weighted by Crippen LogP contribution is 2.20. The first-order chi connectivity index (χ1) is 9.05. The second-order valence-corrected chi connectivity index (χ2v) is 7.34. The van der Waals surface area contributed by atoms with Crippen molar-refractivity contribution in [3.8, 4) is 0 Å². The molecule has 20 heavy (non-hydrogen) atoms. The molecule has 0 spiro atoms. The maximum absolute atomic E-state index is 10.5. The summed E-state index contributed by atoms with van der Waals surface area (Å²) in [6, 6.07) is -1.31. The highest BCUT2D eigenvalue weighted by Gasteiger charge is 2.19. The van der Waals surface area contributed by atoms with Crippen LogP contribution in [0, 0.1) is 0 Å². The predicted molar refractivity (Wildman–Crippen MR) is 89.8 cm³/mol. The molecule has 0 unspecified atom stereocenters. The van der Waals surface area contributed by atoms with Crippen molar-refractivity contribution < 1.29 is 19.8 Å². The molecule has 6 nitrogen and oxygen atoms in total. The van der Waals surface area contributed by atoms with Crippen LogP contribution in [0.25, 0.3) is 0 Å². The Labute approximate surface area is 135 Å². The molecule has 0 aliphatic rings. The third-order valence-corrected chi connectivity index (χ3v) is 3.38. The van der Waals surface area contributed by atoms with Gasteiger partial charge in [-0.05, 0) is 32.9 Å². The number of aliphatic carboxylic acids is 2. The van der Waals surface area contributed by atoms with Gasteiger partial charge in [0, 0.05) is 10.5 Å². The van der Waals surface area contributed by atoms with E-state index in [1.54, 1.807) is 0 Å². The molecule has 0 saturated heterocycles. The fourth-order valence-corrected chi connectivity index (χ4v) is 2.01. The first-order valence-corrected chi connectivity index (χ1v) is 7.99. The van der Waals surface area contributed by atoms with Gasteiger partial charge >= 0.3 is 11.9 Å². The fraction of sp³-hybridized carbons (Fsp3) is 0.818. The lowest BCUT2D eigenvalue weighted by Gasteiger charge is -2.20. The van der Waals surface area contributed by atoms with Crippen molar-refractivity contribution in [2.45, 2.75) is 44.0 Å². The van der Waals surface area contributed by atoms with Crippen LogP contribution in [0.5, 0.6) is 0 Å². The zero-order chi connectivity index (χ0) is 16.3. The predicted octanol–water partition coefficient (Wildman–Crippen LogP) is 1.12. The lowest BCUT2D eigenvalue weighted by Crippen LogP contribution is -2.36. The first-order valence-electron chi connectivity index (χ1n) is 5.91. The summed E-state index contributed by atoms with van der Waals surface area (Å²) in [5.41, 5.74) is 5.08. The van der Waals surface area contributed by atoms with Crippen molar-refractivity contribution in [2.24, 2.45) is 5.73 Å². The summed E-state index contributed by atoms with van der Waals surface area (Å²) in [5.74, 6) is -0.993. The Morgan fingerprint density at radius 1 is 1.25 bits per heavy atom. The fourth-order valence-electron chi connectivity index (χ4n) is 0.676. The maximum Gasteiger partial charge on any atom is 0.322 e. The number of nitrogens with two attached hydrogens (primary N) is 1. The molecule has 0 amide bonds. The van der Waals surface area contributed by atoms with Crippen molar-refractivity contribution in [1.82, 2.24) is 4.72 Å². The summed E-state index contributed by atoms with van der Waals surface area (Å²) in [6.45, 7) is 6.05. The van der Waals surface area contributed by atoms with Crippen molar-refractivity contribution in [3.05, 3.63) is 0 Å². The monoisotopic (exact) mass is 344 g/mol. The Morgan fingerprint density at radius 3 is 1.95 bits per heavy atom. The van der Waals surface area contributed by atoms with Crippen molar-refractivity contribution >= 4 is 49.1 Å². The molecule has 0 fully saturated rings. The van der Waals surface area contributed by atoms with Gasteiger partial charge in [-0.1, -0.05) is 11.9 Å². The van der Waals surface area contributed by atoms with Crippen LogP contribution in [0.1, 0.15) is 27.2 Å². The maximum atomic E-state index is 10.5. The lowest BCUT2D eigenvalue weighted by atomic mass is 10.2. The van der Waals surface area contributed by atoms with Gasteiger partial charge in [0.1, 0.15) is 12.1 Å². The van der Waals surface area contributed by atoms with Gasteiger partial charge in [0.15, 0.2) is 0 Å². The van der Waals surface area contributed by atoms with Crippen LogP contribution < -0.4 is 10.5 Å². The molecule has 2 atom stereocenters. The van der Waals surface area contributed by atoms with Gasteiger partial charge in [-0.2, -0.15) is 25.3 Å². The average Bonchev–Trinajstić information content (AvgIpc) is 2.28. The second-order valence-electron chi connectivity index (χ2n) is 4.86. The molecular formula is C11H24N2O4S3. The second kappa shape index (κ2) is 11.6. The molecule has 120 valence electrons. The number of nitrogens with one attached hydrogen (secondary N) is 1. The number of hydrogen-bond donors (Lipinski definition) is 6. The van der Waals surface area contributed by atoms with Gasteiger partial charge < -0.3 is 15.9 Å². The molecule has 5 N–H and O–H groups in total.